The fraction of sp³-hybridized carbons (Fsp3) is 0.294. The summed E-state index contributed by atoms with van der Waals surface area (Å²) in [7, 11) is 0. The van der Waals surface area contributed by atoms with Crippen LogP contribution in [0.15, 0.2) is 38.3 Å². The molecule has 4 nitrogen and oxygen atoms in total. The third-order valence-corrected chi connectivity index (χ3v) is 4.83. The summed E-state index contributed by atoms with van der Waals surface area (Å²) in [4.78, 5) is 11.7. The maximum Gasteiger partial charge on any atom is 0.250 e. The summed E-state index contributed by atoms with van der Waals surface area (Å²) in [6.07, 6.45) is 1.49. The van der Waals surface area contributed by atoms with Crippen molar-refractivity contribution in [3.05, 3.63) is 56.9 Å². The number of rotatable bonds is 6. The molecule has 1 amide bonds. The highest BCUT2D eigenvalue weighted by atomic mass is 79.9. The van der Waals surface area contributed by atoms with Crippen LogP contribution in [0.2, 0.25) is 0 Å². The minimum absolute atomic E-state index is 0.127. The van der Waals surface area contributed by atoms with E-state index in [0.29, 0.717) is 11.5 Å². The molecule has 2 rings (SSSR count). The van der Waals surface area contributed by atoms with Crippen LogP contribution < -0.4 is 5.43 Å². The number of carbonyl (C=O) groups excluding carboxylic acids is 1. The molecule has 0 fully saturated rings. The first-order valence-electron chi connectivity index (χ1n) is 7.17. The number of benzene rings is 1. The van der Waals surface area contributed by atoms with Gasteiger partial charge in [0, 0.05) is 11.8 Å². The lowest BCUT2D eigenvalue weighted by atomic mass is 10.1. The summed E-state index contributed by atoms with van der Waals surface area (Å²) >= 11 is 4.93. The molecule has 23 heavy (non-hydrogen) atoms. The Balaban J connectivity index is 1.74. The maximum absolute atomic E-state index is 11.7. The summed E-state index contributed by atoms with van der Waals surface area (Å²) < 4.78 is 6.29. The van der Waals surface area contributed by atoms with Crippen LogP contribution in [0.4, 0.5) is 0 Å². The van der Waals surface area contributed by atoms with Crippen LogP contribution in [0.1, 0.15) is 28.2 Å². The molecule has 0 unspecified atom stereocenters. The van der Waals surface area contributed by atoms with E-state index in [2.05, 4.69) is 58.5 Å². The van der Waals surface area contributed by atoms with Crippen LogP contribution in [-0.4, -0.2) is 17.9 Å². The van der Waals surface area contributed by atoms with Crippen LogP contribution in [0.25, 0.3) is 0 Å². The van der Waals surface area contributed by atoms with Gasteiger partial charge >= 0.3 is 0 Å². The first kappa shape index (κ1) is 17.8. The largest absolute Gasteiger partial charge is 0.459 e. The molecular formula is C17H19BrN2O2S. The first-order valence-corrected chi connectivity index (χ1v) is 9.11. The maximum atomic E-state index is 11.7. The number of hydrazone groups is 1. The van der Waals surface area contributed by atoms with E-state index in [1.165, 1.54) is 22.9 Å². The normalized spacial score (nSPS) is 11.1. The molecule has 0 saturated carbocycles. The number of nitrogens with one attached hydrogen (secondary N) is 1. The molecule has 1 heterocycles. The minimum atomic E-state index is -0.127. The summed E-state index contributed by atoms with van der Waals surface area (Å²) in [5, 5.41) is 3.90. The van der Waals surface area contributed by atoms with Gasteiger partial charge in [-0.2, -0.15) is 5.10 Å². The van der Waals surface area contributed by atoms with E-state index in [4.69, 9.17) is 4.42 Å². The van der Waals surface area contributed by atoms with E-state index >= 15 is 0 Å². The van der Waals surface area contributed by atoms with Gasteiger partial charge in [0.15, 0.2) is 0 Å². The topological polar surface area (TPSA) is 54.6 Å². The molecule has 6 heteroatoms. The third-order valence-electron chi connectivity index (χ3n) is 3.04. The molecule has 0 bridgehead atoms. The number of nitrogens with zero attached hydrogens (tertiary/aromatic N) is 1. The van der Waals surface area contributed by atoms with E-state index in [9.17, 15) is 4.79 Å². The van der Waals surface area contributed by atoms with Gasteiger partial charge in [-0.15, -0.1) is 11.8 Å². The van der Waals surface area contributed by atoms with E-state index in [1.807, 2.05) is 6.92 Å². The van der Waals surface area contributed by atoms with Crippen molar-refractivity contribution < 1.29 is 9.21 Å². The summed E-state index contributed by atoms with van der Waals surface area (Å²) in [6, 6.07) is 8.24. The summed E-state index contributed by atoms with van der Waals surface area (Å²) in [6.45, 7) is 6.01. The second kappa shape index (κ2) is 8.36. The van der Waals surface area contributed by atoms with Gasteiger partial charge in [-0.25, -0.2) is 5.43 Å². The zero-order valence-corrected chi connectivity index (χ0v) is 15.8. The number of carbonyl (C=O) groups is 1. The molecular weight excluding hydrogens is 376 g/mol. The van der Waals surface area contributed by atoms with Crippen molar-refractivity contribution in [1.82, 2.24) is 5.43 Å². The van der Waals surface area contributed by atoms with Crippen LogP contribution in [-0.2, 0) is 10.5 Å². The van der Waals surface area contributed by atoms with Gasteiger partial charge in [-0.05, 0) is 42.3 Å². The van der Waals surface area contributed by atoms with E-state index < -0.39 is 0 Å². The number of thioether (sulfide) groups is 1. The fourth-order valence-electron chi connectivity index (χ4n) is 2.16. The number of amides is 1. The van der Waals surface area contributed by atoms with Gasteiger partial charge < -0.3 is 4.42 Å². The lowest BCUT2D eigenvalue weighted by Gasteiger charge is -2.04. The third kappa shape index (κ3) is 5.88. The van der Waals surface area contributed by atoms with Crippen molar-refractivity contribution in [2.24, 2.45) is 5.10 Å². The van der Waals surface area contributed by atoms with Crippen LogP contribution >= 0.6 is 27.7 Å². The Bertz CT molecular complexity index is 686. The summed E-state index contributed by atoms with van der Waals surface area (Å²) in [5.74, 6) is 2.42. The lowest BCUT2D eigenvalue weighted by molar-refractivity contribution is -0.118. The quantitative estimate of drug-likeness (QED) is 0.585. The molecule has 1 aromatic heterocycles. The minimum Gasteiger partial charge on any atom is -0.459 e. The number of halogens is 1. The predicted molar refractivity (Wildman–Crippen MR) is 99.0 cm³/mol. The van der Waals surface area contributed by atoms with Crippen molar-refractivity contribution in [2.75, 3.05) is 5.75 Å². The van der Waals surface area contributed by atoms with E-state index in [0.717, 1.165) is 16.0 Å². The standard InChI is InChI=1S/C17H19BrN2O2S/c1-11-4-12(2)6-14(5-11)9-23-10-17(21)20-19-8-15-7-16(18)13(3)22-15/h4-8H,9-10H2,1-3H3,(H,20,21)/b19-8-. The predicted octanol–water partition coefficient (Wildman–Crippen LogP) is 4.35. The van der Waals surface area contributed by atoms with Crippen LogP contribution in [0.5, 0.6) is 0 Å². The van der Waals surface area contributed by atoms with Crippen LogP contribution in [0.3, 0.4) is 0 Å². The Morgan fingerprint density at radius 3 is 2.57 bits per heavy atom. The molecule has 0 atom stereocenters. The molecule has 0 aliphatic carbocycles. The molecule has 0 aliphatic rings. The number of aryl methyl sites for hydroxylation is 3. The Kier molecular flexibility index (Phi) is 6.47. The van der Waals surface area contributed by atoms with E-state index in [1.54, 1.807) is 17.8 Å². The zero-order chi connectivity index (χ0) is 16.8. The van der Waals surface area contributed by atoms with Gasteiger partial charge in [0.05, 0.1) is 16.4 Å². The fourth-order valence-corrected chi connectivity index (χ4v) is 3.22. The smallest absolute Gasteiger partial charge is 0.250 e. The number of hydrogen-bond donors (Lipinski definition) is 1. The monoisotopic (exact) mass is 394 g/mol. The van der Waals surface area contributed by atoms with Crippen molar-refractivity contribution >= 4 is 39.8 Å². The lowest BCUT2D eigenvalue weighted by Crippen LogP contribution is -2.19. The highest BCUT2D eigenvalue weighted by Gasteiger charge is 2.04. The second-order valence-electron chi connectivity index (χ2n) is 5.33. The van der Waals surface area contributed by atoms with Gasteiger partial charge in [0.1, 0.15) is 11.5 Å². The molecule has 122 valence electrons. The highest BCUT2D eigenvalue weighted by Crippen LogP contribution is 2.19. The Morgan fingerprint density at radius 2 is 1.96 bits per heavy atom. The molecule has 0 spiro atoms. The van der Waals surface area contributed by atoms with Crippen molar-refractivity contribution in [3.8, 4) is 0 Å². The van der Waals surface area contributed by atoms with Crippen molar-refractivity contribution in [3.63, 3.8) is 0 Å². The molecule has 0 radical (unpaired) electrons. The molecule has 1 N–H and O–H groups in total. The van der Waals surface area contributed by atoms with Gasteiger partial charge in [-0.1, -0.05) is 29.3 Å². The van der Waals surface area contributed by atoms with Gasteiger partial charge in [0.2, 0.25) is 5.91 Å². The highest BCUT2D eigenvalue weighted by molar-refractivity contribution is 9.10. The average Bonchev–Trinajstić information content (AvgIpc) is 2.76. The molecule has 1 aromatic carbocycles. The molecule has 2 aromatic rings. The van der Waals surface area contributed by atoms with Crippen LogP contribution in [0, 0.1) is 20.8 Å². The second-order valence-corrected chi connectivity index (χ2v) is 7.17. The summed E-state index contributed by atoms with van der Waals surface area (Å²) in [5.41, 5.74) is 6.23. The molecule has 0 aliphatic heterocycles. The van der Waals surface area contributed by atoms with Crippen molar-refractivity contribution in [1.29, 1.82) is 0 Å². The van der Waals surface area contributed by atoms with E-state index in [-0.39, 0.29) is 5.91 Å². The van der Waals surface area contributed by atoms with Gasteiger partial charge in [0.25, 0.3) is 0 Å². The zero-order valence-electron chi connectivity index (χ0n) is 13.4. The SMILES string of the molecule is Cc1cc(C)cc(CSCC(=O)N/N=C\c2cc(Br)c(C)o2)c1. The van der Waals surface area contributed by atoms with Gasteiger partial charge in [-0.3, -0.25) is 4.79 Å². The Hall–Kier alpha value is -1.53. The number of hydrogen-bond acceptors (Lipinski definition) is 4. The Labute approximate surface area is 148 Å². The number of furan rings is 1. The molecule has 0 saturated heterocycles. The van der Waals surface area contributed by atoms with Crippen molar-refractivity contribution in [2.45, 2.75) is 26.5 Å². The average molecular weight is 395 g/mol. The Morgan fingerprint density at radius 1 is 1.26 bits per heavy atom. The first-order chi connectivity index (χ1) is 10.9.